The van der Waals surface area contributed by atoms with Crippen LogP contribution in [-0.4, -0.2) is 27.8 Å². The van der Waals surface area contributed by atoms with Crippen LogP contribution in [0.4, 0.5) is 15.8 Å². The Morgan fingerprint density at radius 1 is 1.26 bits per heavy atom. The number of carbonyl (C=O) groups is 1. The standard InChI is InChI=1S/C22H20ClFN4O3/c1-14(19-8-3-4-11-25-19)26-20-10-9-15(12-21(20)28(30)31)22(29)27(2)13-16-17(23)6-5-7-18(16)24/h3-12,14,26H,13H2,1-2H3. The van der Waals surface area contributed by atoms with Crippen molar-refractivity contribution in [2.75, 3.05) is 12.4 Å². The molecule has 1 heterocycles. The van der Waals surface area contributed by atoms with Crippen LogP contribution in [0.3, 0.4) is 0 Å². The molecule has 160 valence electrons. The molecule has 1 N–H and O–H groups in total. The van der Waals surface area contributed by atoms with Crippen LogP contribution in [0.2, 0.25) is 5.02 Å². The molecule has 1 amide bonds. The largest absolute Gasteiger partial charge is 0.371 e. The van der Waals surface area contributed by atoms with Gasteiger partial charge in [-0.05, 0) is 43.3 Å². The quantitative estimate of drug-likeness (QED) is 0.400. The lowest BCUT2D eigenvalue weighted by Crippen LogP contribution is -2.27. The van der Waals surface area contributed by atoms with Crippen LogP contribution in [0.5, 0.6) is 0 Å². The van der Waals surface area contributed by atoms with Gasteiger partial charge in [0.1, 0.15) is 11.5 Å². The molecule has 31 heavy (non-hydrogen) atoms. The Hall–Kier alpha value is -3.52. The topological polar surface area (TPSA) is 88.4 Å². The monoisotopic (exact) mass is 442 g/mol. The fourth-order valence-electron chi connectivity index (χ4n) is 3.09. The fourth-order valence-corrected chi connectivity index (χ4v) is 3.31. The van der Waals surface area contributed by atoms with E-state index in [2.05, 4.69) is 10.3 Å². The van der Waals surface area contributed by atoms with E-state index in [0.717, 1.165) is 5.69 Å². The van der Waals surface area contributed by atoms with E-state index in [4.69, 9.17) is 11.6 Å². The summed E-state index contributed by atoms with van der Waals surface area (Å²) in [6.07, 6.45) is 1.64. The van der Waals surface area contributed by atoms with Crippen LogP contribution in [0, 0.1) is 15.9 Å². The summed E-state index contributed by atoms with van der Waals surface area (Å²) in [6.45, 7) is 1.76. The molecular formula is C22H20ClFN4O3. The van der Waals surface area contributed by atoms with Crippen molar-refractivity contribution in [3.05, 3.63) is 98.6 Å². The van der Waals surface area contributed by atoms with Gasteiger partial charge in [-0.1, -0.05) is 23.7 Å². The lowest BCUT2D eigenvalue weighted by atomic mass is 10.1. The van der Waals surface area contributed by atoms with Gasteiger partial charge in [0.2, 0.25) is 0 Å². The summed E-state index contributed by atoms with van der Waals surface area (Å²) in [4.78, 5) is 29.4. The number of carbonyl (C=O) groups excluding carboxylic acids is 1. The number of halogens is 2. The van der Waals surface area contributed by atoms with Gasteiger partial charge in [0.25, 0.3) is 11.6 Å². The van der Waals surface area contributed by atoms with Crippen molar-refractivity contribution in [3.8, 4) is 0 Å². The van der Waals surface area contributed by atoms with Gasteiger partial charge in [0.05, 0.1) is 16.7 Å². The zero-order chi connectivity index (χ0) is 22.5. The number of nitrogens with one attached hydrogen (secondary N) is 1. The van der Waals surface area contributed by atoms with E-state index in [1.165, 1.54) is 48.3 Å². The van der Waals surface area contributed by atoms with Crippen molar-refractivity contribution in [1.29, 1.82) is 0 Å². The van der Waals surface area contributed by atoms with Gasteiger partial charge < -0.3 is 10.2 Å². The molecule has 3 aromatic rings. The number of hydrogen-bond acceptors (Lipinski definition) is 5. The maximum absolute atomic E-state index is 14.0. The van der Waals surface area contributed by atoms with Gasteiger partial charge in [-0.3, -0.25) is 19.9 Å². The summed E-state index contributed by atoms with van der Waals surface area (Å²) in [7, 11) is 1.48. The molecule has 7 nitrogen and oxygen atoms in total. The molecule has 0 saturated carbocycles. The number of anilines is 1. The first-order chi connectivity index (χ1) is 14.8. The Bertz CT molecular complexity index is 1090. The Kier molecular flexibility index (Phi) is 6.81. The van der Waals surface area contributed by atoms with Gasteiger partial charge in [-0.15, -0.1) is 0 Å². The second kappa shape index (κ2) is 9.53. The molecule has 1 unspecified atom stereocenters. The number of nitro groups is 1. The number of nitro benzene ring substituents is 1. The third-order valence-electron chi connectivity index (χ3n) is 4.75. The lowest BCUT2D eigenvalue weighted by Gasteiger charge is -2.19. The highest BCUT2D eigenvalue weighted by Gasteiger charge is 2.22. The Labute approximate surface area is 183 Å². The summed E-state index contributed by atoms with van der Waals surface area (Å²) < 4.78 is 14.0. The number of hydrogen-bond donors (Lipinski definition) is 1. The Morgan fingerprint density at radius 3 is 2.68 bits per heavy atom. The molecule has 0 spiro atoms. The number of aromatic nitrogens is 1. The number of nitrogens with zero attached hydrogens (tertiary/aromatic N) is 3. The smallest absolute Gasteiger partial charge is 0.293 e. The van der Waals surface area contributed by atoms with Gasteiger partial charge in [0.15, 0.2) is 0 Å². The van der Waals surface area contributed by atoms with Crippen LogP contribution in [0.15, 0.2) is 60.8 Å². The summed E-state index contributed by atoms with van der Waals surface area (Å²) in [6, 6.07) is 13.6. The van der Waals surface area contributed by atoms with Crippen LogP contribution in [0.25, 0.3) is 0 Å². The van der Waals surface area contributed by atoms with E-state index in [1.54, 1.807) is 12.3 Å². The summed E-state index contributed by atoms with van der Waals surface area (Å²) in [5.41, 5.74) is 1.03. The van der Waals surface area contributed by atoms with Crippen molar-refractivity contribution >= 4 is 28.9 Å². The minimum Gasteiger partial charge on any atom is -0.371 e. The van der Waals surface area contributed by atoms with E-state index in [9.17, 15) is 19.3 Å². The van der Waals surface area contributed by atoms with Crippen LogP contribution in [0.1, 0.15) is 34.6 Å². The normalized spacial score (nSPS) is 11.6. The first-order valence-electron chi connectivity index (χ1n) is 9.42. The molecule has 0 aliphatic carbocycles. The van der Waals surface area contributed by atoms with Crippen molar-refractivity contribution in [2.45, 2.75) is 19.5 Å². The van der Waals surface area contributed by atoms with Crippen LogP contribution < -0.4 is 5.32 Å². The SMILES string of the molecule is CC(Nc1ccc(C(=O)N(C)Cc2c(F)cccc2Cl)cc1[N+](=O)[O-])c1ccccn1. The van der Waals surface area contributed by atoms with Crippen LogP contribution in [-0.2, 0) is 6.54 Å². The zero-order valence-electron chi connectivity index (χ0n) is 16.9. The van der Waals surface area contributed by atoms with Gasteiger partial charge in [0, 0.05) is 42.0 Å². The predicted octanol–water partition coefficient (Wildman–Crippen LogP) is 5.23. The summed E-state index contributed by atoms with van der Waals surface area (Å²) in [5.74, 6) is -1.02. The highest BCUT2D eigenvalue weighted by atomic mass is 35.5. The number of benzene rings is 2. The van der Waals surface area contributed by atoms with Gasteiger partial charge in [-0.25, -0.2) is 4.39 Å². The molecular weight excluding hydrogens is 423 g/mol. The minimum absolute atomic E-state index is 0.0746. The van der Waals surface area contributed by atoms with E-state index in [1.807, 2.05) is 19.1 Å². The molecule has 0 aliphatic rings. The molecule has 0 radical (unpaired) electrons. The molecule has 0 bridgehead atoms. The third kappa shape index (κ3) is 5.16. The van der Waals surface area contributed by atoms with Crippen molar-refractivity contribution < 1.29 is 14.1 Å². The second-order valence-corrected chi connectivity index (χ2v) is 7.38. The average molecular weight is 443 g/mol. The zero-order valence-corrected chi connectivity index (χ0v) is 17.6. The van der Waals surface area contributed by atoms with Crippen molar-refractivity contribution in [1.82, 2.24) is 9.88 Å². The maximum Gasteiger partial charge on any atom is 0.293 e. The third-order valence-corrected chi connectivity index (χ3v) is 5.10. The van der Waals surface area contributed by atoms with Crippen molar-refractivity contribution in [2.24, 2.45) is 0 Å². The van der Waals surface area contributed by atoms with Crippen LogP contribution >= 0.6 is 11.6 Å². The molecule has 1 atom stereocenters. The first-order valence-corrected chi connectivity index (χ1v) is 9.80. The Balaban J connectivity index is 1.82. The fraction of sp³-hybridized carbons (Fsp3) is 0.182. The second-order valence-electron chi connectivity index (χ2n) is 6.97. The first kappa shape index (κ1) is 22.2. The number of pyridine rings is 1. The molecule has 0 fully saturated rings. The van der Waals surface area contributed by atoms with E-state index in [0.29, 0.717) is 0 Å². The maximum atomic E-state index is 14.0. The highest BCUT2D eigenvalue weighted by molar-refractivity contribution is 6.31. The highest BCUT2D eigenvalue weighted by Crippen LogP contribution is 2.29. The number of amides is 1. The predicted molar refractivity (Wildman–Crippen MR) is 117 cm³/mol. The van der Waals surface area contributed by atoms with E-state index < -0.39 is 16.6 Å². The van der Waals surface area contributed by atoms with Gasteiger partial charge in [-0.2, -0.15) is 0 Å². The summed E-state index contributed by atoms with van der Waals surface area (Å²) >= 11 is 6.03. The molecule has 0 saturated heterocycles. The lowest BCUT2D eigenvalue weighted by molar-refractivity contribution is -0.384. The molecule has 1 aromatic heterocycles. The summed E-state index contributed by atoms with van der Waals surface area (Å²) in [5, 5.41) is 14.9. The average Bonchev–Trinajstić information content (AvgIpc) is 2.76. The molecule has 0 aliphatic heterocycles. The Morgan fingerprint density at radius 2 is 2.03 bits per heavy atom. The molecule has 3 rings (SSSR count). The minimum atomic E-state index is -0.558. The molecule has 2 aromatic carbocycles. The van der Waals surface area contributed by atoms with Gasteiger partial charge >= 0.3 is 0 Å². The number of rotatable bonds is 7. The van der Waals surface area contributed by atoms with E-state index >= 15 is 0 Å². The van der Waals surface area contributed by atoms with Crippen molar-refractivity contribution in [3.63, 3.8) is 0 Å². The molecule has 9 heteroatoms. The van der Waals surface area contributed by atoms with E-state index in [-0.39, 0.29) is 40.1 Å².